The van der Waals surface area contributed by atoms with Crippen LogP contribution < -0.4 is 15.4 Å². The van der Waals surface area contributed by atoms with E-state index >= 15 is 0 Å². The van der Waals surface area contributed by atoms with Crippen LogP contribution in [0.3, 0.4) is 0 Å². The number of anilines is 1. The fourth-order valence-electron chi connectivity index (χ4n) is 4.45. The maximum atomic E-state index is 12.1. The van der Waals surface area contributed by atoms with Gasteiger partial charge in [0, 0.05) is 25.3 Å². The lowest BCUT2D eigenvalue weighted by Gasteiger charge is -2.27. The molecule has 0 amide bonds. The summed E-state index contributed by atoms with van der Waals surface area (Å²) >= 11 is 0. The number of fused-ring (bicyclic) bond motifs is 1. The molecule has 0 unspecified atom stereocenters. The van der Waals surface area contributed by atoms with Crippen molar-refractivity contribution in [1.29, 1.82) is 0 Å². The number of pyridine rings is 1. The highest BCUT2D eigenvalue weighted by atomic mass is 32.2. The van der Waals surface area contributed by atoms with Gasteiger partial charge in [-0.05, 0) is 47.4 Å². The Balaban J connectivity index is 1.62. The Morgan fingerprint density at radius 3 is 2.34 bits per heavy atom. The van der Waals surface area contributed by atoms with E-state index in [1.807, 2.05) is 54.1 Å². The predicted octanol–water partition coefficient (Wildman–Crippen LogP) is 3.41. The summed E-state index contributed by atoms with van der Waals surface area (Å²) in [7, 11) is -1.37. The van der Waals surface area contributed by atoms with Crippen LogP contribution in [0.4, 0.5) is 5.82 Å². The van der Waals surface area contributed by atoms with E-state index in [9.17, 15) is 8.42 Å². The lowest BCUT2D eigenvalue weighted by atomic mass is 10.00. The number of hydrogen-bond donors (Lipinski definition) is 1. The van der Waals surface area contributed by atoms with E-state index in [0.717, 1.165) is 44.9 Å². The second-order valence-electron chi connectivity index (χ2n) is 8.94. The maximum absolute atomic E-state index is 12.1. The van der Waals surface area contributed by atoms with Crippen molar-refractivity contribution in [3.05, 3.63) is 71.9 Å². The minimum Gasteiger partial charge on any atom is -0.497 e. The predicted molar refractivity (Wildman–Crippen MR) is 139 cm³/mol. The molecule has 0 bridgehead atoms. The molecule has 2 N–H and O–H groups in total. The van der Waals surface area contributed by atoms with E-state index in [1.165, 1.54) is 0 Å². The molecular weight excluding hydrogens is 462 g/mol. The molecule has 1 fully saturated rings. The first kappa shape index (κ1) is 23.3. The highest BCUT2D eigenvalue weighted by Crippen LogP contribution is 2.36. The zero-order valence-electron chi connectivity index (χ0n) is 19.9. The number of rotatable bonds is 6. The first-order valence-corrected chi connectivity index (χ1v) is 13.5. The maximum Gasteiger partial charge on any atom is 0.160 e. The van der Waals surface area contributed by atoms with Crippen molar-refractivity contribution in [2.75, 3.05) is 36.6 Å². The molecule has 2 aromatic heterocycles. The van der Waals surface area contributed by atoms with Crippen molar-refractivity contribution in [1.82, 2.24) is 14.8 Å². The van der Waals surface area contributed by atoms with E-state index in [1.54, 1.807) is 13.3 Å². The Labute approximate surface area is 205 Å². The summed E-state index contributed by atoms with van der Waals surface area (Å²) in [6, 6.07) is 18.0. The molecular formula is C26H29N5O3S. The van der Waals surface area contributed by atoms with Gasteiger partial charge in [-0.3, -0.25) is 0 Å². The van der Waals surface area contributed by atoms with Gasteiger partial charge in [-0.15, -0.1) is 0 Å². The van der Waals surface area contributed by atoms with Gasteiger partial charge in [0.05, 0.1) is 30.5 Å². The van der Waals surface area contributed by atoms with Crippen molar-refractivity contribution in [2.24, 2.45) is 5.73 Å². The monoisotopic (exact) mass is 491 g/mol. The third-order valence-corrected chi connectivity index (χ3v) is 8.11. The molecule has 3 heterocycles. The fourth-order valence-corrected chi connectivity index (χ4v) is 5.65. The van der Waals surface area contributed by atoms with Crippen LogP contribution in [0.25, 0.3) is 22.2 Å². The number of nitrogens with zero attached hydrogens (tertiary/aromatic N) is 4. The number of sulfone groups is 1. The minimum atomic E-state index is -3.02. The topological polar surface area (TPSA) is 103 Å². The summed E-state index contributed by atoms with van der Waals surface area (Å²) in [6.45, 7) is 3.32. The molecule has 9 heteroatoms. The van der Waals surface area contributed by atoms with Crippen molar-refractivity contribution in [3.8, 4) is 16.9 Å². The summed E-state index contributed by atoms with van der Waals surface area (Å²) in [5, 5.41) is 5.89. The fraction of sp³-hybridized carbons (Fsp3) is 0.308. The summed E-state index contributed by atoms with van der Waals surface area (Å²) in [6.07, 6.45) is 1.80. The lowest BCUT2D eigenvalue weighted by Crippen LogP contribution is -2.40. The molecule has 1 atom stereocenters. The van der Waals surface area contributed by atoms with Crippen molar-refractivity contribution in [3.63, 3.8) is 0 Å². The van der Waals surface area contributed by atoms with Crippen molar-refractivity contribution in [2.45, 2.75) is 19.5 Å². The average Bonchev–Trinajstić information content (AvgIpc) is 3.23. The number of methoxy groups -OCH3 is 1. The molecule has 8 nitrogen and oxygen atoms in total. The van der Waals surface area contributed by atoms with E-state index < -0.39 is 9.84 Å². The van der Waals surface area contributed by atoms with Crippen LogP contribution in [-0.4, -0.2) is 54.9 Å². The van der Waals surface area contributed by atoms with Gasteiger partial charge in [-0.25, -0.2) is 18.1 Å². The summed E-state index contributed by atoms with van der Waals surface area (Å²) in [5.74, 6) is 1.81. The van der Waals surface area contributed by atoms with Crippen LogP contribution >= 0.6 is 0 Å². The van der Waals surface area contributed by atoms with Gasteiger partial charge in [0.25, 0.3) is 0 Å². The van der Waals surface area contributed by atoms with Crippen LogP contribution in [-0.2, 0) is 16.4 Å². The molecule has 182 valence electrons. The number of hydrogen-bond acceptors (Lipinski definition) is 7. The smallest absolute Gasteiger partial charge is 0.160 e. The number of nitrogens with two attached hydrogens (primary N) is 1. The van der Waals surface area contributed by atoms with Gasteiger partial charge in [-0.1, -0.05) is 36.4 Å². The molecule has 0 radical (unpaired) electrons. The molecule has 1 aliphatic rings. The highest BCUT2D eigenvalue weighted by molar-refractivity contribution is 7.91. The average molecular weight is 492 g/mol. The second kappa shape index (κ2) is 9.31. The standard InChI is InChI=1S/C26H29N5O3S/c1-18(27)20-5-7-21(8-6-20)23-11-12-28-25-24(23)26(30-13-15-35(32,33)16-14-30)29-31(25)17-19-3-9-22(34-2)10-4-19/h3-12,18H,13-17,27H2,1-2H3/t18-/m1/s1. The molecule has 0 saturated carbocycles. The Morgan fingerprint density at radius 2 is 1.71 bits per heavy atom. The molecule has 1 aliphatic heterocycles. The van der Waals surface area contributed by atoms with Crippen LogP contribution in [0.15, 0.2) is 60.8 Å². The van der Waals surface area contributed by atoms with Crippen LogP contribution in [0.5, 0.6) is 5.75 Å². The van der Waals surface area contributed by atoms with E-state index in [-0.39, 0.29) is 17.5 Å². The second-order valence-corrected chi connectivity index (χ2v) is 11.2. The van der Waals surface area contributed by atoms with Gasteiger partial charge >= 0.3 is 0 Å². The summed E-state index contributed by atoms with van der Waals surface area (Å²) in [5.41, 5.74) is 11.0. The van der Waals surface area contributed by atoms with Crippen molar-refractivity contribution < 1.29 is 13.2 Å². The Bertz CT molecular complexity index is 1430. The Kier molecular flexibility index (Phi) is 6.21. The number of aromatic nitrogens is 3. The lowest BCUT2D eigenvalue weighted by molar-refractivity contribution is 0.414. The first-order chi connectivity index (χ1) is 16.8. The van der Waals surface area contributed by atoms with Crippen LogP contribution in [0, 0.1) is 0 Å². The zero-order chi connectivity index (χ0) is 24.6. The van der Waals surface area contributed by atoms with E-state index in [2.05, 4.69) is 17.0 Å². The molecule has 4 aromatic rings. The van der Waals surface area contributed by atoms with Gasteiger partial charge in [0.15, 0.2) is 21.3 Å². The normalized spacial score (nSPS) is 16.4. The van der Waals surface area contributed by atoms with Crippen LogP contribution in [0.2, 0.25) is 0 Å². The van der Waals surface area contributed by atoms with Gasteiger partial charge in [0.1, 0.15) is 5.75 Å². The third kappa shape index (κ3) is 4.74. The largest absolute Gasteiger partial charge is 0.497 e. The summed E-state index contributed by atoms with van der Waals surface area (Å²) in [4.78, 5) is 6.76. The molecule has 0 aliphatic carbocycles. The van der Waals surface area contributed by atoms with Crippen LogP contribution in [0.1, 0.15) is 24.1 Å². The number of benzene rings is 2. The van der Waals surface area contributed by atoms with Gasteiger partial charge in [0.2, 0.25) is 0 Å². The summed E-state index contributed by atoms with van der Waals surface area (Å²) < 4.78 is 31.3. The SMILES string of the molecule is COc1ccc(Cn2nc(N3CCS(=O)(=O)CC3)c3c(-c4ccc([C@@H](C)N)cc4)ccnc32)cc1. The minimum absolute atomic E-state index is 0.0420. The quantitative estimate of drug-likeness (QED) is 0.441. The molecule has 0 spiro atoms. The Hall–Kier alpha value is -3.43. The Morgan fingerprint density at radius 1 is 1.03 bits per heavy atom. The molecule has 5 rings (SSSR count). The molecule has 2 aromatic carbocycles. The van der Waals surface area contributed by atoms with E-state index in [0.29, 0.717) is 19.6 Å². The molecule has 35 heavy (non-hydrogen) atoms. The molecule has 1 saturated heterocycles. The van der Waals surface area contributed by atoms with Crippen molar-refractivity contribution >= 4 is 26.7 Å². The first-order valence-electron chi connectivity index (χ1n) is 11.6. The van der Waals surface area contributed by atoms with Gasteiger partial charge in [-0.2, -0.15) is 5.10 Å². The highest BCUT2D eigenvalue weighted by Gasteiger charge is 2.27. The number of ether oxygens (including phenoxy) is 1. The zero-order valence-corrected chi connectivity index (χ0v) is 20.7. The van der Waals surface area contributed by atoms with E-state index in [4.69, 9.17) is 20.6 Å². The van der Waals surface area contributed by atoms with Gasteiger partial charge < -0.3 is 15.4 Å². The third-order valence-electron chi connectivity index (χ3n) is 6.50.